The molecule has 0 aliphatic heterocycles. The Balaban J connectivity index is 1.99. The maximum atomic E-state index is 10.9. The molecule has 0 radical (unpaired) electrons. The standard InChI is InChI=1S/C20H30N4O2/c1-3-5-7-13-23(14-8-6-4-2)15-18-16-24(22-21-18)19-11-9-17(10-12-19)20(25)26/h9-12,16H,3-8,13-15H2,1-2H3,(H,25,26). The Morgan fingerprint density at radius 2 is 1.65 bits per heavy atom. The summed E-state index contributed by atoms with van der Waals surface area (Å²) in [5.74, 6) is -0.925. The molecule has 6 nitrogen and oxygen atoms in total. The fraction of sp³-hybridized carbons (Fsp3) is 0.550. The summed E-state index contributed by atoms with van der Waals surface area (Å²) in [7, 11) is 0. The number of aromatic nitrogens is 3. The molecule has 0 spiro atoms. The highest BCUT2D eigenvalue weighted by atomic mass is 16.4. The van der Waals surface area contributed by atoms with Gasteiger partial charge < -0.3 is 5.11 Å². The van der Waals surface area contributed by atoms with E-state index in [1.165, 1.54) is 38.5 Å². The topological polar surface area (TPSA) is 71.2 Å². The van der Waals surface area contributed by atoms with Crippen LogP contribution in [0.3, 0.4) is 0 Å². The number of hydrogen-bond donors (Lipinski definition) is 1. The summed E-state index contributed by atoms with van der Waals surface area (Å²) in [4.78, 5) is 13.4. The van der Waals surface area contributed by atoms with Crippen molar-refractivity contribution in [1.82, 2.24) is 19.9 Å². The van der Waals surface area contributed by atoms with Gasteiger partial charge in [-0.2, -0.15) is 0 Å². The predicted molar refractivity (Wildman–Crippen MR) is 103 cm³/mol. The number of carbonyl (C=O) groups is 1. The van der Waals surface area contributed by atoms with Gasteiger partial charge in [-0.05, 0) is 50.2 Å². The first-order valence-corrected chi connectivity index (χ1v) is 9.61. The second kappa shape index (κ2) is 10.7. The van der Waals surface area contributed by atoms with Gasteiger partial charge in [0.2, 0.25) is 0 Å². The zero-order valence-electron chi connectivity index (χ0n) is 15.9. The average Bonchev–Trinajstić information content (AvgIpc) is 3.10. The second-order valence-electron chi connectivity index (χ2n) is 6.70. The van der Waals surface area contributed by atoms with Crippen LogP contribution in [-0.2, 0) is 6.54 Å². The first kappa shape index (κ1) is 20.1. The third-order valence-electron chi connectivity index (χ3n) is 4.46. The van der Waals surface area contributed by atoms with Crippen molar-refractivity contribution in [3.8, 4) is 5.69 Å². The lowest BCUT2D eigenvalue weighted by Crippen LogP contribution is -2.26. The Morgan fingerprint density at radius 1 is 1.04 bits per heavy atom. The van der Waals surface area contributed by atoms with Gasteiger partial charge in [0, 0.05) is 6.54 Å². The number of carboxylic acid groups (broad SMARTS) is 1. The minimum Gasteiger partial charge on any atom is -0.478 e. The second-order valence-corrected chi connectivity index (χ2v) is 6.70. The van der Waals surface area contributed by atoms with Crippen LogP contribution in [0.25, 0.3) is 5.69 Å². The van der Waals surface area contributed by atoms with Crippen molar-refractivity contribution in [2.75, 3.05) is 13.1 Å². The van der Waals surface area contributed by atoms with E-state index >= 15 is 0 Å². The number of carboxylic acids is 1. The van der Waals surface area contributed by atoms with Crippen LogP contribution in [0.1, 0.15) is 68.4 Å². The van der Waals surface area contributed by atoms with E-state index in [9.17, 15) is 4.79 Å². The number of benzene rings is 1. The molecular formula is C20H30N4O2. The molecule has 6 heteroatoms. The van der Waals surface area contributed by atoms with Gasteiger partial charge in [0.05, 0.1) is 23.1 Å². The van der Waals surface area contributed by atoms with Crippen LogP contribution in [0, 0.1) is 0 Å². The minimum absolute atomic E-state index is 0.270. The predicted octanol–water partition coefficient (Wildman–Crippen LogP) is 4.15. The molecule has 1 aromatic heterocycles. The summed E-state index contributed by atoms with van der Waals surface area (Å²) >= 11 is 0. The number of unbranched alkanes of at least 4 members (excludes halogenated alkanes) is 4. The first-order valence-electron chi connectivity index (χ1n) is 9.61. The highest BCUT2D eigenvalue weighted by Crippen LogP contribution is 2.11. The Morgan fingerprint density at radius 3 is 2.19 bits per heavy atom. The molecule has 0 unspecified atom stereocenters. The fourth-order valence-corrected chi connectivity index (χ4v) is 2.92. The number of nitrogens with zero attached hydrogens (tertiary/aromatic N) is 4. The van der Waals surface area contributed by atoms with Crippen molar-refractivity contribution in [3.05, 3.63) is 41.7 Å². The third kappa shape index (κ3) is 6.26. The van der Waals surface area contributed by atoms with Crippen molar-refractivity contribution in [1.29, 1.82) is 0 Å². The Labute approximate surface area is 155 Å². The molecule has 1 heterocycles. The van der Waals surface area contributed by atoms with Crippen molar-refractivity contribution >= 4 is 5.97 Å². The zero-order valence-corrected chi connectivity index (χ0v) is 15.9. The average molecular weight is 358 g/mol. The maximum Gasteiger partial charge on any atom is 0.335 e. The zero-order chi connectivity index (χ0) is 18.8. The molecule has 1 N–H and O–H groups in total. The summed E-state index contributed by atoms with van der Waals surface area (Å²) < 4.78 is 1.71. The van der Waals surface area contributed by atoms with E-state index < -0.39 is 5.97 Å². The number of hydrogen-bond acceptors (Lipinski definition) is 4. The molecule has 0 bridgehead atoms. The van der Waals surface area contributed by atoms with E-state index in [0.29, 0.717) is 0 Å². The summed E-state index contributed by atoms with van der Waals surface area (Å²) in [5, 5.41) is 17.5. The van der Waals surface area contributed by atoms with Crippen LogP contribution in [0.5, 0.6) is 0 Å². The lowest BCUT2D eigenvalue weighted by molar-refractivity contribution is 0.0697. The molecule has 0 saturated carbocycles. The normalized spacial score (nSPS) is 11.2. The molecule has 2 aromatic rings. The van der Waals surface area contributed by atoms with Crippen molar-refractivity contribution in [3.63, 3.8) is 0 Å². The van der Waals surface area contributed by atoms with Crippen molar-refractivity contribution < 1.29 is 9.90 Å². The van der Waals surface area contributed by atoms with E-state index in [0.717, 1.165) is 31.0 Å². The van der Waals surface area contributed by atoms with E-state index in [1.807, 2.05) is 6.20 Å². The Hall–Kier alpha value is -2.21. The highest BCUT2D eigenvalue weighted by molar-refractivity contribution is 5.87. The molecule has 2 rings (SSSR count). The number of rotatable bonds is 12. The van der Waals surface area contributed by atoms with Crippen LogP contribution in [-0.4, -0.2) is 44.1 Å². The smallest absolute Gasteiger partial charge is 0.335 e. The van der Waals surface area contributed by atoms with Gasteiger partial charge in [-0.25, -0.2) is 9.48 Å². The van der Waals surface area contributed by atoms with Gasteiger partial charge in [0.25, 0.3) is 0 Å². The third-order valence-corrected chi connectivity index (χ3v) is 4.46. The van der Waals surface area contributed by atoms with E-state index in [-0.39, 0.29) is 5.56 Å². The highest BCUT2D eigenvalue weighted by Gasteiger charge is 2.10. The minimum atomic E-state index is -0.925. The van der Waals surface area contributed by atoms with Crippen LogP contribution in [0.15, 0.2) is 30.5 Å². The Bertz CT molecular complexity index is 657. The SMILES string of the molecule is CCCCCN(CCCCC)Cc1cn(-c2ccc(C(=O)O)cc2)nn1. The summed E-state index contributed by atoms with van der Waals surface area (Å²) in [5.41, 5.74) is 2.03. The largest absolute Gasteiger partial charge is 0.478 e. The molecule has 0 saturated heterocycles. The molecule has 26 heavy (non-hydrogen) atoms. The molecule has 0 atom stereocenters. The molecule has 0 aliphatic rings. The number of aromatic carboxylic acids is 1. The molecule has 0 fully saturated rings. The monoisotopic (exact) mass is 358 g/mol. The Kier molecular flexibility index (Phi) is 8.28. The van der Waals surface area contributed by atoms with Crippen molar-refractivity contribution in [2.24, 2.45) is 0 Å². The molecule has 0 aliphatic carbocycles. The summed E-state index contributed by atoms with van der Waals surface area (Å²) in [6.07, 6.45) is 9.33. The quantitative estimate of drug-likeness (QED) is 0.577. The van der Waals surface area contributed by atoms with E-state index in [2.05, 4.69) is 29.1 Å². The molecular weight excluding hydrogens is 328 g/mol. The fourth-order valence-electron chi connectivity index (χ4n) is 2.92. The van der Waals surface area contributed by atoms with Crippen LogP contribution >= 0.6 is 0 Å². The van der Waals surface area contributed by atoms with Crippen LogP contribution in [0.2, 0.25) is 0 Å². The van der Waals surface area contributed by atoms with Crippen LogP contribution in [0.4, 0.5) is 0 Å². The lowest BCUT2D eigenvalue weighted by atomic mass is 10.2. The first-order chi connectivity index (χ1) is 12.6. The van der Waals surface area contributed by atoms with Gasteiger partial charge in [-0.1, -0.05) is 44.7 Å². The van der Waals surface area contributed by atoms with Gasteiger partial charge in [-0.15, -0.1) is 5.10 Å². The molecule has 142 valence electrons. The van der Waals surface area contributed by atoms with Gasteiger partial charge in [0.1, 0.15) is 0 Å². The van der Waals surface area contributed by atoms with E-state index in [4.69, 9.17) is 5.11 Å². The molecule has 1 aromatic carbocycles. The van der Waals surface area contributed by atoms with Crippen molar-refractivity contribution in [2.45, 2.75) is 58.9 Å². The van der Waals surface area contributed by atoms with Gasteiger partial charge in [0.15, 0.2) is 0 Å². The van der Waals surface area contributed by atoms with Crippen LogP contribution < -0.4 is 0 Å². The molecule has 0 amide bonds. The summed E-state index contributed by atoms with van der Waals surface area (Å²) in [6.45, 7) is 7.45. The van der Waals surface area contributed by atoms with Gasteiger partial charge >= 0.3 is 5.97 Å². The lowest BCUT2D eigenvalue weighted by Gasteiger charge is -2.20. The summed E-state index contributed by atoms with van der Waals surface area (Å²) in [6, 6.07) is 6.67. The maximum absolute atomic E-state index is 10.9. The van der Waals surface area contributed by atoms with Gasteiger partial charge in [-0.3, -0.25) is 4.90 Å². The van der Waals surface area contributed by atoms with E-state index in [1.54, 1.807) is 28.9 Å².